The third kappa shape index (κ3) is 2.92. The first-order valence-electron chi connectivity index (χ1n) is 5.57. The van der Waals surface area contributed by atoms with E-state index in [2.05, 4.69) is 9.71 Å². The molecule has 0 radical (unpaired) electrons. The number of hydrogen-bond donors (Lipinski definition) is 1. The average molecular weight is 291 g/mol. The lowest BCUT2D eigenvalue weighted by Gasteiger charge is -2.10. The first-order valence-corrected chi connectivity index (χ1v) is 7.06. The van der Waals surface area contributed by atoms with Gasteiger partial charge in [0, 0.05) is 6.20 Å². The molecule has 0 spiro atoms. The fourth-order valence-electron chi connectivity index (χ4n) is 1.51. The Balaban J connectivity index is 2.35. The highest BCUT2D eigenvalue weighted by atomic mass is 32.2. The number of hydrogen-bond acceptors (Lipinski definition) is 4. The summed E-state index contributed by atoms with van der Waals surface area (Å²) >= 11 is 0. The largest absolute Gasteiger partial charge is 0.279 e. The van der Waals surface area contributed by atoms with Gasteiger partial charge in [0.05, 0.1) is 5.69 Å². The molecule has 2 rings (SSSR count). The van der Waals surface area contributed by atoms with Crippen LogP contribution in [0.25, 0.3) is 0 Å². The molecule has 0 unspecified atom stereocenters. The van der Waals surface area contributed by atoms with Crippen molar-refractivity contribution in [1.29, 1.82) is 5.26 Å². The Morgan fingerprint density at radius 3 is 2.65 bits per heavy atom. The van der Waals surface area contributed by atoms with Crippen molar-refractivity contribution in [3.63, 3.8) is 0 Å². The van der Waals surface area contributed by atoms with Crippen molar-refractivity contribution in [2.75, 3.05) is 4.72 Å². The molecule has 1 aromatic carbocycles. The maximum atomic E-state index is 13.1. The summed E-state index contributed by atoms with van der Waals surface area (Å²) in [6.45, 7) is 1.66. The van der Waals surface area contributed by atoms with Crippen LogP contribution in [-0.2, 0) is 10.0 Å². The zero-order valence-electron chi connectivity index (χ0n) is 10.5. The molecule has 0 aliphatic carbocycles. The van der Waals surface area contributed by atoms with Crippen molar-refractivity contribution < 1.29 is 12.8 Å². The van der Waals surface area contributed by atoms with Crippen LogP contribution < -0.4 is 4.72 Å². The van der Waals surface area contributed by atoms with Crippen LogP contribution in [-0.4, -0.2) is 13.4 Å². The maximum absolute atomic E-state index is 13.1. The second-order valence-electron chi connectivity index (χ2n) is 4.06. The summed E-state index contributed by atoms with van der Waals surface area (Å²) in [6, 6.07) is 8.18. The van der Waals surface area contributed by atoms with Crippen LogP contribution in [0.4, 0.5) is 10.1 Å². The van der Waals surface area contributed by atoms with Gasteiger partial charge in [-0.3, -0.25) is 4.72 Å². The predicted octanol–water partition coefficient (Wildman–Crippen LogP) is 2.20. The molecule has 0 aliphatic heterocycles. The fourth-order valence-corrected chi connectivity index (χ4v) is 2.58. The number of nitrogens with one attached hydrogen (secondary N) is 1. The zero-order chi connectivity index (χ0) is 14.8. The lowest BCUT2D eigenvalue weighted by molar-refractivity contribution is 0.600. The lowest BCUT2D eigenvalue weighted by atomic mass is 10.2. The number of sulfonamides is 1. The number of rotatable bonds is 3. The number of aromatic nitrogens is 1. The Hall–Kier alpha value is -2.46. The van der Waals surface area contributed by atoms with Crippen LogP contribution in [0.5, 0.6) is 0 Å². The molecule has 0 bridgehead atoms. The molecule has 1 N–H and O–H groups in total. The number of halogens is 1. The van der Waals surface area contributed by atoms with Gasteiger partial charge in [0.15, 0.2) is 0 Å². The van der Waals surface area contributed by atoms with E-state index in [0.29, 0.717) is 5.56 Å². The summed E-state index contributed by atoms with van der Waals surface area (Å²) in [4.78, 5) is 3.59. The molecule has 102 valence electrons. The molecule has 7 heteroatoms. The van der Waals surface area contributed by atoms with Crippen molar-refractivity contribution in [3.05, 3.63) is 53.6 Å². The van der Waals surface area contributed by atoms with Crippen LogP contribution in [0.1, 0.15) is 11.3 Å². The number of benzene rings is 1. The SMILES string of the molecule is Cc1ccc(F)cc1NS(=O)(=O)c1ccc(C#N)nc1. The Bertz CT molecular complexity index is 780. The Labute approximate surface area is 115 Å². The van der Waals surface area contributed by atoms with Gasteiger partial charge in [0.1, 0.15) is 22.5 Å². The molecule has 0 saturated heterocycles. The second-order valence-corrected chi connectivity index (χ2v) is 5.74. The minimum atomic E-state index is -3.87. The first-order chi connectivity index (χ1) is 9.42. The average Bonchev–Trinajstić information content (AvgIpc) is 2.43. The molecular weight excluding hydrogens is 281 g/mol. The highest BCUT2D eigenvalue weighted by Crippen LogP contribution is 2.20. The fraction of sp³-hybridized carbons (Fsp3) is 0.0769. The molecule has 1 heterocycles. The van der Waals surface area contributed by atoms with Crippen molar-refractivity contribution in [2.24, 2.45) is 0 Å². The highest BCUT2D eigenvalue weighted by Gasteiger charge is 2.16. The van der Waals surface area contributed by atoms with Crippen LogP contribution in [0.15, 0.2) is 41.4 Å². The van der Waals surface area contributed by atoms with Crippen LogP contribution in [0.3, 0.4) is 0 Å². The second kappa shape index (κ2) is 5.27. The number of anilines is 1. The third-order valence-electron chi connectivity index (χ3n) is 2.61. The minimum Gasteiger partial charge on any atom is -0.279 e. The number of aryl methyl sites for hydroxylation is 1. The molecule has 0 atom stereocenters. The summed E-state index contributed by atoms with van der Waals surface area (Å²) in [5.41, 5.74) is 0.872. The van der Waals surface area contributed by atoms with Gasteiger partial charge >= 0.3 is 0 Å². The van der Waals surface area contributed by atoms with E-state index in [4.69, 9.17) is 5.26 Å². The first kappa shape index (κ1) is 14.0. The van der Waals surface area contributed by atoms with Gasteiger partial charge in [-0.25, -0.2) is 17.8 Å². The van der Waals surface area contributed by atoms with Gasteiger partial charge in [-0.05, 0) is 36.8 Å². The van der Waals surface area contributed by atoms with E-state index in [0.717, 1.165) is 12.3 Å². The Morgan fingerprint density at radius 1 is 1.30 bits per heavy atom. The summed E-state index contributed by atoms with van der Waals surface area (Å²) in [5.74, 6) is -0.536. The van der Waals surface area contributed by atoms with Crippen LogP contribution in [0.2, 0.25) is 0 Å². The molecule has 2 aromatic rings. The van der Waals surface area contributed by atoms with Crippen molar-refractivity contribution in [2.45, 2.75) is 11.8 Å². The minimum absolute atomic E-state index is 0.0971. The topological polar surface area (TPSA) is 82.9 Å². The predicted molar refractivity (Wildman–Crippen MR) is 70.9 cm³/mol. The number of nitriles is 1. The summed E-state index contributed by atoms with van der Waals surface area (Å²) in [6.07, 6.45) is 1.08. The molecule has 0 saturated carbocycles. The number of nitrogens with zero attached hydrogens (tertiary/aromatic N) is 2. The molecule has 1 aromatic heterocycles. The molecular formula is C13H10FN3O2S. The van der Waals surface area contributed by atoms with Crippen molar-refractivity contribution in [3.8, 4) is 6.07 Å². The van der Waals surface area contributed by atoms with Crippen molar-refractivity contribution >= 4 is 15.7 Å². The van der Waals surface area contributed by atoms with E-state index < -0.39 is 15.8 Å². The zero-order valence-corrected chi connectivity index (χ0v) is 11.3. The van der Waals surface area contributed by atoms with E-state index >= 15 is 0 Å². The van der Waals surface area contributed by atoms with Gasteiger partial charge in [0.2, 0.25) is 0 Å². The standard InChI is InChI=1S/C13H10FN3O2S/c1-9-2-3-10(14)6-13(9)17-20(18,19)12-5-4-11(7-15)16-8-12/h2-6,8,17H,1H3. The number of pyridine rings is 1. The summed E-state index contributed by atoms with van der Waals surface area (Å²) in [5, 5.41) is 8.61. The maximum Gasteiger partial charge on any atom is 0.263 e. The van der Waals surface area contributed by atoms with Crippen molar-refractivity contribution in [1.82, 2.24) is 4.98 Å². The van der Waals surface area contributed by atoms with Gasteiger partial charge in [-0.2, -0.15) is 5.26 Å². The van der Waals surface area contributed by atoms with Gasteiger partial charge < -0.3 is 0 Å². The molecule has 0 amide bonds. The summed E-state index contributed by atoms with van der Waals surface area (Å²) in [7, 11) is -3.87. The Kier molecular flexibility index (Phi) is 3.68. The normalized spacial score (nSPS) is 10.8. The molecule has 20 heavy (non-hydrogen) atoms. The van der Waals surface area contributed by atoms with Crippen LogP contribution >= 0.6 is 0 Å². The smallest absolute Gasteiger partial charge is 0.263 e. The molecule has 5 nitrogen and oxygen atoms in total. The monoisotopic (exact) mass is 291 g/mol. The van der Waals surface area contributed by atoms with Gasteiger partial charge in [-0.15, -0.1) is 0 Å². The van der Waals surface area contributed by atoms with E-state index in [1.165, 1.54) is 24.3 Å². The van der Waals surface area contributed by atoms with Gasteiger partial charge in [-0.1, -0.05) is 6.07 Å². The van der Waals surface area contributed by atoms with Gasteiger partial charge in [0.25, 0.3) is 10.0 Å². The third-order valence-corrected chi connectivity index (χ3v) is 3.96. The Morgan fingerprint density at radius 2 is 2.05 bits per heavy atom. The van der Waals surface area contributed by atoms with E-state index in [9.17, 15) is 12.8 Å². The highest BCUT2D eigenvalue weighted by molar-refractivity contribution is 7.92. The quantitative estimate of drug-likeness (QED) is 0.939. The van der Waals surface area contributed by atoms with E-state index in [-0.39, 0.29) is 16.3 Å². The molecule has 0 aliphatic rings. The molecule has 0 fully saturated rings. The summed E-state index contributed by atoms with van der Waals surface area (Å²) < 4.78 is 39.6. The van der Waals surface area contributed by atoms with Crippen LogP contribution in [0, 0.1) is 24.1 Å². The lowest BCUT2D eigenvalue weighted by Crippen LogP contribution is -2.14. The van der Waals surface area contributed by atoms with E-state index in [1.807, 2.05) is 0 Å². The van der Waals surface area contributed by atoms with E-state index in [1.54, 1.807) is 13.0 Å².